The zero-order valence-corrected chi connectivity index (χ0v) is 20.6. The van der Waals surface area contributed by atoms with Crippen LogP contribution in [0.3, 0.4) is 0 Å². The van der Waals surface area contributed by atoms with Crippen molar-refractivity contribution in [2.24, 2.45) is 5.73 Å². The summed E-state index contributed by atoms with van der Waals surface area (Å²) >= 11 is 5.90. The predicted octanol–water partition coefficient (Wildman–Crippen LogP) is 6.15. The number of hydrogen-bond donors (Lipinski definition) is 1. The van der Waals surface area contributed by atoms with Gasteiger partial charge in [0.25, 0.3) is 0 Å². The second kappa shape index (κ2) is 10.6. The maximum Gasteiger partial charge on any atom is 0.417 e. The summed E-state index contributed by atoms with van der Waals surface area (Å²) in [6.07, 6.45) is -10.6. The first-order valence-electron chi connectivity index (χ1n) is 11.3. The Morgan fingerprint density at radius 3 is 2.21 bits per heavy atom. The lowest BCUT2D eigenvalue weighted by molar-refractivity contribution is -0.137. The molecule has 0 unspecified atom stereocenters. The van der Waals surface area contributed by atoms with Crippen LogP contribution >= 0.6 is 11.6 Å². The van der Waals surface area contributed by atoms with Gasteiger partial charge in [0.1, 0.15) is 0 Å². The highest BCUT2D eigenvalue weighted by Gasteiger charge is 2.34. The molecule has 1 aromatic heterocycles. The summed E-state index contributed by atoms with van der Waals surface area (Å²) in [5.41, 5.74) is 3.55. The van der Waals surface area contributed by atoms with Crippen molar-refractivity contribution in [3.8, 4) is 22.5 Å². The molecule has 0 aliphatic heterocycles. The first-order chi connectivity index (χ1) is 18.2. The topological polar surface area (TPSA) is 82.9 Å². The maximum atomic E-state index is 13.7. The molecule has 1 amide bonds. The van der Waals surface area contributed by atoms with Gasteiger partial charge in [0.15, 0.2) is 5.82 Å². The van der Waals surface area contributed by atoms with E-state index in [0.717, 1.165) is 15.3 Å². The van der Waals surface area contributed by atoms with Gasteiger partial charge in [-0.3, -0.25) is 9.36 Å². The minimum atomic E-state index is -4.73. The van der Waals surface area contributed by atoms with Crippen LogP contribution in [0, 0.1) is 0 Å². The molecule has 39 heavy (non-hydrogen) atoms. The summed E-state index contributed by atoms with van der Waals surface area (Å²) in [6.45, 7) is -1.01. The van der Waals surface area contributed by atoms with Crippen LogP contribution in [0.1, 0.15) is 27.9 Å². The minimum absolute atomic E-state index is 0.0442. The molecule has 4 aromatic rings. The van der Waals surface area contributed by atoms with Gasteiger partial charge in [-0.25, -0.2) is 9.48 Å². The van der Waals surface area contributed by atoms with E-state index >= 15 is 0 Å². The molecule has 0 bridgehead atoms. The van der Waals surface area contributed by atoms with Gasteiger partial charge in [0.05, 0.1) is 18.5 Å². The molecular formula is C26H19ClF6N4O2. The summed E-state index contributed by atoms with van der Waals surface area (Å²) in [5, 5.41) is 4.57. The molecule has 0 saturated carbocycles. The third-order valence-electron chi connectivity index (χ3n) is 5.85. The second-order valence-electron chi connectivity index (χ2n) is 8.58. The highest BCUT2D eigenvalue weighted by atomic mass is 35.5. The van der Waals surface area contributed by atoms with E-state index < -0.39 is 42.5 Å². The predicted molar refractivity (Wildman–Crippen MR) is 132 cm³/mol. The third-order valence-corrected chi connectivity index (χ3v) is 6.10. The van der Waals surface area contributed by atoms with Crippen LogP contribution in [-0.4, -0.2) is 26.4 Å². The number of rotatable bonds is 7. The molecule has 4 rings (SSSR count). The first kappa shape index (κ1) is 28.0. The molecule has 0 fully saturated rings. The van der Waals surface area contributed by atoms with Gasteiger partial charge in [-0.15, -0.1) is 5.10 Å². The molecular weight excluding hydrogens is 550 g/mol. The van der Waals surface area contributed by atoms with E-state index in [2.05, 4.69) is 5.10 Å². The molecule has 13 heteroatoms. The molecule has 1 heterocycles. The highest BCUT2D eigenvalue weighted by molar-refractivity contribution is 6.30. The van der Waals surface area contributed by atoms with Crippen LogP contribution in [0.5, 0.6) is 0 Å². The second-order valence-corrected chi connectivity index (χ2v) is 9.01. The lowest BCUT2D eigenvalue weighted by atomic mass is 9.93. The van der Waals surface area contributed by atoms with Crippen LogP contribution in [0.4, 0.5) is 26.3 Å². The molecule has 2 N–H and O–H groups in total. The van der Waals surface area contributed by atoms with E-state index in [9.17, 15) is 35.9 Å². The number of primary amides is 1. The molecule has 3 aromatic carbocycles. The van der Waals surface area contributed by atoms with Gasteiger partial charge >= 0.3 is 18.0 Å². The number of hydrogen-bond acceptors (Lipinski definition) is 3. The van der Waals surface area contributed by atoms with Gasteiger partial charge in [-0.2, -0.15) is 26.3 Å². The Hall–Kier alpha value is -4.06. The third kappa shape index (κ3) is 6.33. The average molecular weight is 569 g/mol. The summed E-state index contributed by atoms with van der Waals surface area (Å²) in [6, 6.07) is 14.5. The number of carbonyl (C=O) groups excluding carboxylic acids is 1. The monoisotopic (exact) mass is 568 g/mol. The fourth-order valence-electron chi connectivity index (χ4n) is 4.06. The molecule has 204 valence electrons. The number of alkyl halides is 6. The van der Waals surface area contributed by atoms with Crippen molar-refractivity contribution in [3.05, 3.63) is 98.9 Å². The Kier molecular flexibility index (Phi) is 7.60. The largest absolute Gasteiger partial charge is 0.417 e. The van der Waals surface area contributed by atoms with Crippen molar-refractivity contribution in [3.63, 3.8) is 0 Å². The molecule has 0 aliphatic rings. The Balaban J connectivity index is 1.81. The molecule has 0 saturated heterocycles. The van der Waals surface area contributed by atoms with E-state index in [0.29, 0.717) is 10.6 Å². The zero-order chi connectivity index (χ0) is 28.5. The lowest BCUT2D eigenvalue weighted by Crippen LogP contribution is -2.27. The normalized spacial score (nSPS) is 12.1. The number of amides is 1. The van der Waals surface area contributed by atoms with E-state index in [1.165, 1.54) is 60.7 Å². The smallest absolute Gasteiger partial charge is 0.366 e. The summed E-state index contributed by atoms with van der Waals surface area (Å²) in [5.74, 6) is -1.01. The van der Waals surface area contributed by atoms with Crippen molar-refractivity contribution >= 4 is 17.5 Å². The van der Waals surface area contributed by atoms with Crippen molar-refractivity contribution in [2.75, 3.05) is 0 Å². The van der Waals surface area contributed by atoms with Gasteiger partial charge < -0.3 is 5.73 Å². The van der Waals surface area contributed by atoms with Crippen molar-refractivity contribution in [2.45, 2.75) is 31.9 Å². The van der Waals surface area contributed by atoms with Gasteiger partial charge in [0.2, 0.25) is 5.91 Å². The Labute approximate surface area is 222 Å². The van der Waals surface area contributed by atoms with Crippen molar-refractivity contribution < 1.29 is 31.1 Å². The van der Waals surface area contributed by atoms with E-state index in [1.54, 1.807) is 0 Å². The maximum absolute atomic E-state index is 13.7. The van der Waals surface area contributed by atoms with Crippen LogP contribution in [0.15, 0.2) is 71.5 Å². The summed E-state index contributed by atoms with van der Waals surface area (Å²) < 4.78 is 81.7. The van der Waals surface area contributed by atoms with Crippen molar-refractivity contribution in [1.82, 2.24) is 14.3 Å². The summed E-state index contributed by atoms with van der Waals surface area (Å²) in [7, 11) is 0. The van der Waals surface area contributed by atoms with Gasteiger partial charge in [0, 0.05) is 22.7 Å². The fraction of sp³-hybridized carbons (Fsp3) is 0.192. The highest BCUT2D eigenvalue weighted by Crippen LogP contribution is 2.38. The molecule has 0 spiro atoms. The lowest BCUT2D eigenvalue weighted by Gasteiger charge is -2.16. The summed E-state index contributed by atoms with van der Waals surface area (Å²) in [4.78, 5) is 25.1. The molecule has 0 atom stereocenters. The zero-order valence-electron chi connectivity index (χ0n) is 19.9. The molecule has 6 nitrogen and oxygen atoms in total. The standard InChI is InChI=1S/C26H19ClF6N4O2/c27-17-8-6-16(7-9-17)23-35-37(24(39)36(23)12-11-25(28,29)30)14-15-5-10-19(22(34)38)20(13-15)18-3-1-2-4-21(18)26(31,32)33/h1-10,13H,11-12,14H2,(H2,34,38). The average Bonchev–Trinajstić information content (AvgIpc) is 3.17. The Bertz CT molecular complexity index is 1570. The van der Waals surface area contributed by atoms with Crippen LogP contribution < -0.4 is 11.4 Å². The quantitative estimate of drug-likeness (QED) is 0.271. The SMILES string of the molecule is NC(=O)c1ccc(Cn2nc(-c3ccc(Cl)cc3)n(CCC(F)(F)F)c2=O)cc1-c1ccccc1C(F)(F)F. The van der Waals surface area contributed by atoms with Crippen LogP contribution in [0.25, 0.3) is 22.5 Å². The van der Waals surface area contributed by atoms with Crippen molar-refractivity contribution in [1.29, 1.82) is 0 Å². The van der Waals surface area contributed by atoms with Crippen LogP contribution in [-0.2, 0) is 19.3 Å². The van der Waals surface area contributed by atoms with Crippen LogP contribution in [0.2, 0.25) is 5.02 Å². The fourth-order valence-corrected chi connectivity index (χ4v) is 4.19. The minimum Gasteiger partial charge on any atom is -0.366 e. The molecule has 0 radical (unpaired) electrons. The number of benzene rings is 3. The Morgan fingerprint density at radius 1 is 0.923 bits per heavy atom. The van der Waals surface area contributed by atoms with Gasteiger partial charge in [-0.1, -0.05) is 35.9 Å². The Morgan fingerprint density at radius 2 is 1.59 bits per heavy atom. The van der Waals surface area contributed by atoms with E-state index in [1.807, 2.05) is 0 Å². The van der Waals surface area contributed by atoms with E-state index in [4.69, 9.17) is 17.3 Å². The first-order valence-corrected chi connectivity index (χ1v) is 11.7. The van der Waals surface area contributed by atoms with Gasteiger partial charge in [-0.05, 0) is 59.2 Å². The van der Waals surface area contributed by atoms with E-state index in [-0.39, 0.29) is 34.6 Å². The number of halogens is 7. The number of nitrogens with two attached hydrogens (primary N) is 1. The number of nitrogens with zero attached hydrogens (tertiary/aromatic N) is 3. The number of carbonyl (C=O) groups is 1. The number of aromatic nitrogens is 3. The molecule has 0 aliphatic carbocycles.